The number of Topliss-reactive ketones (excluding diaryl/α,β-unsaturated/α-hetero) is 1. The number of ketones is 1. The monoisotopic (exact) mass is 205 g/mol. The molecule has 0 atom stereocenters. The van der Waals surface area contributed by atoms with Crippen molar-refractivity contribution in [2.24, 2.45) is 5.92 Å². The number of carbonyl (C=O) groups excluding carboxylic acids is 1. The summed E-state index contributed by atoms with van der Waals surface area (Å²) in [7, 11) is 0. The summed E-state index contributed by atoms with van der Waals surface area (Å²) in [5.41, 5.74) is 1.12. The van der Waals surface area contributed by atoms with E-state index in [0.717, 1.165) is 12.2 Å². The van der Waals surface area contributed by atoms with Crippen molar-refractivity contribution >= 4 is 11.5 Å². The van der Waals surface area contributed by atoms with Crippen molar-refractivity contribution in [3.63, 3.8) is 0 Å². The van der Waals surface area contributed by atoms with Crippen molar-refractivity contribution in [3.8, 4) is 0 Å². The van der Waals surface area contributed by atoms with Crippen LogP contribution >= 0.6 is 0 Å². The fraction of sp³-hybridized carbons (Fsp3) is 0.462. The van der Waals surface area contributed by atoms with E-state index in [4.69, 9.17) is 0 Å². The Kier molecular flexibility index (Phi) is 4.35. The molecule has 0 aliphatic rings. The molecule has 0 saturated carbocycles. The first-order valence-electron chi connectivity index (χ1n) is 5.47. The quantitative estimate of drug-likeness (QED) is 0.736. The van der Waals surface area contributed by atoms with E-state index in [-0.39, 0.29) is 5.92 Å². The summed E-state index contributed by atoms with van der Waals surface area (Å²) in [5.74, 6) is 0.406. The minimum Gasteiger partial charge on any atom is -0.364 e. The second kappa shape index (κ2) is 5.54. The first-order valence-corrected chi connectivity index (χ1v) is 5.47. The van der Waals surface area contributed by atoms with Crippen LogP contribution in [0.2, 0.25) is 0 Å². The number of carbonyl (C=O) groups is 1. The zero-order valence-corrected chi connectivity index (χ0v) is 9.73. The minimum absolute atomic E-state index is 0.114. The van der Waals surface area contributed by atoms with Gasteiger partial charge in [0, 0.05) is 18.2 Å². The number of likely N-dealkylation sites (N-methyl/N-ethyl adjacent to an activating group) is 1. The number of hydrogen-bond acceptors (Lipinski definition) is 2. The Morgan fingerprint density at radius 1 is 1.27 bits per heavy atom. The van der Waals surface area contributed by atoms with Gasteiger partial charge in [-0.1, -0.05) is 32.0 Å². The molecule has 0 N–H and O–H groups in total. The number of nitrogens with zero attached hydrogens (tertiary/aromatic N) is 1. The second-order valence-corrected chi connectivity index (χ2v) is 3.97. The van der Waals surface area contributed by atoms with E-state index in [1.165, 1.54) is 0 Å². The van der Waals surface area contributed by atoms with Crippen molar-refractivity contribution in [2.45, 2.75) is 20.8 Å². The molecule has 1 aromatic rings. The maximum atomic E-state index is 11.6. The van der Waals surface area contributed by atoms with Gasteiger partial charge in [0.1, 0.15) is 0 Å². The summed E-state index contributed by atoms with van der Waals surface area (Å²) in [6, 6.07) is 10.1. The Labute approximate surface area is 91.9 Å². The molecule has 0 aliphatic heterocycles. The molecular formula is C13H19NO. The third kappa shape index (κ3) is 3.39. The number of rotatable bonds is 5. The van der Waals surface area contributed by atoms with E-state index in [1.807, 2.05) is 44.2 Å². The lowest BCUT2D eigenvalue weighted by atomic mass is 10.1. The molecule has 0 fully saturated rings. The van der Waals surface area contributed by atoms with Crippen molar-refractivity contribution in [1.82, 2.24) is 0 Å². The Morgan fingerprint density at radius 2 is 1.87 bits per heavy atom. The minimum atomic E-state index is 0.114. The Bertz CT molecular complexity index is 306. The van der Waals surface area contributed by atoms with Crippen LogP contribution in [0.25, 0.3) is 0 Å². The summed E-state index contributed by atoms with van der Waals surface area (Å²) in [5, 5.41) is 0. The third-order valence-corrected chi connectivity index (χ3v) is 2.49. The summed E-state index contributed by atoms with van der Waals surface area (Å²) in [4.78, 5) is 13.7. The topological polar surface area (TPSA) is 20.3 Å². The zero-order chi connectivity index (χ0) is 11.3. The summed E-state index contributed by atoms with van der Waals surface area (Å²) in [6.45, 7) is 7.34. The van der Waals surface area contributed by atoms with Crippen LogP contribution in [0.4, 0.5) is 5.69 Å². The van der Waals surface area contributed by atoms with Crippen LogP contribution in [0.3, 0.4) is 0 Å². The zero-order valence-electron chi connectivity index (χ0n) is 9.73. The van der Waals surface area contributed by atoms with Crippen molar-refractivity contribution in [1.29, 1.82) is 0 Å². The van der Waals surface area contributed by atoms with Crippen LogP contribution < -0.4 is 4.90 Å². The van der Waals surface area contributed by atoms with Crippen LogP contribution in [0.15, 0.2) is 30.3 Å². The molecule has 0 unspecified atom stereocenters. The van der Waals surface area contributed by atoms with Gasteiger partial charge in [-0.3, -0.25) is 4.79 Å². The van der Waals surface area contributed by atoms with Gasteiger partial charge in [-0.05, 0) is 19.1 Å². The first kappa shape index (κ1) is 11.8. The van der Waals surface area contributed by atoms with Gasteiger partial charge in [0.2, 0.25) is 0 Å². The molecule has 82 valence electrons. The number of benzene rings is 1. The van der Waals surface area contributed by atoms with Crippen LogP contribution in [0, 0.1) is 5.92 Å². The third-order valence-electron chi connectivity index (χ3n) is 2.49. The number of hydrogen-bond donors (Lipinski definition) is 0. The van der Waals surface area contributed by atoms with E-state index in [1.54, 1.807) is 0 Å². The maximum absolute atomic E-state index is 11.6. The molecule has 1 aromatic carbocycles. The van der Waals surface area contributed by atoms with Gasteiger partial charge in [0.25, 0.3) is 0 Å². The van der Waals surface area contributed by atoms with Gasteiger partial charge in [0.05, 0.1) is 6.54 Å². The molecule has 0 amide bonds. The lowest BCUT2D eigenvalue weighted by Crippen LogP contribution is -2.31. The van der Waals surface area contributed by atoms with E-state index in [2.05, 4.69) is 11.8 Å². The highest BCUT2D eigenvalue weighted by atomic mass is 16.1. The highest BCUT2D eigenvalue weighted by molar-refractivity contribution is 5.85. The average molecular weight is 205 g/mol. The second-order valence-electron chi connectivity index (χ2n) is 3.97. The molecule has 2 nitrogen and oxygen atoms in total. The van der Waals surface area contributed by atoms with Gasteiger partial charge in [-0.15, -0.1) is 0 Å². The highest BCUT2D eigenvalue weighted by Gasteiger charge is 2.12. The highest BCUT2D eigenvalue weighted by Crippen LogP contribution is 2.13. The van der Waals surface area contributed by atoms with E-state index >= 15 is 0 Å². The molecule has 0 saturated heterocycles. The molecule has 0 aliphatic carbocycles. The largest absolute Gasteiger partial charge is 0.364 e. The fourth-order valence-corrected chi connectivity index (χ4v) is 1.40. The van der Waals surface area contributed by atoms with Crippen molar-refractivity contribution < 1.29 is 4.79 Å². The molecule has 0 aromatic heterocycles. The van der Waals surface area contributed by atoms with Gasteiger partial charge in [0.15, 0.2) is 5.78 Å². The standard InChI is InChI=1S/C13H19NO/c1-4-14(10-13(15)11(2)3)12-8-6-5-7-9-12/h5-9,11H,4,10H2,1-3H3. The van der Waals surface area contributed by atoms with Crippen molar-refractivity contribution in [3.05, 3.63) is 30.3 Å². The lowest BCUT2D eigenvalue weighted by molar-refractivity contribution is -0.120. The first-order chi connectivity index (χ1) is 7.15. The average Bonchev–Trinajstić information content (AvgIpc) is 2.26. The van der Waals surface area contributed by atoms with Crippen LogP contribution in [0.1, 0.15) is 20.8 Å². The summed E-state index contributed by atoms with van der Waals surface area (Å²) < 4.78 is 0. The summed E-state index contributed by atoms with van der Waals surface area (Å²) in [6.07, 6.45) is 0. The Hall–Kier alpha value is -1.31. The molecule has 0 spiro atoms. The van der Waals surface area contributed by atoms with Crippen LogP contribution in [-0.4, -0.2) is 18.9 Å². The Balaban J connectivity index is 2.69. The predicted molar refractivity (Wildman–Crippen MR) is 64.2 cm³/mol. The predicted octanol–water partition coefficient (Wildman–Crippen LogP) is 2.74. The van der Waals surface area contributed by atoms with Gasteiger partial charge >= 0.3 is 0 Å². The lowest BCUT2D eigenvalue weighted by Gasteiger charge is -2.23. The number of para-hydroxylation sites is 1. The Morgan fingerprint density at radius 3 is 2.33 bits per heavy atom. The fourth-order valence-electron chi connectivity index (χ4n) is 1.40. The molecule has 0 heterocycles. The van der Waals surface area contributed by atoms with Gasteiger partial charge in [-0.25, -0.2) is 0 Å². The molecule has 1 rings (SSSR count). The van der Waals surface area contributed by atoms with E-state index in [9.17, 15) is 4.79 Å². The van der Waals surface area contributed by atoms with Crippen LogP contribution in [0.5, 0.6) is 0 Å². The van der Waals surface area contributed by atoms with Gasteiger partial charge in [-0.2, -0.15) is 0 Å². The maximum Gasteiger partial charge on any atom is 0.154 e. The SMILES string of the molecule is CCN(CC(=O)C(C)C)c1ccccc1. The van der Waals surface area contributed by atoms with E-state index in [0.29, 0.717) is 12.3 Å². The van der Waals surface area contributed by atoms with E-state index < -0.39 is 0 Å². The number of anilines is 1. The summed E-state index contributed by atoms with van der Waals surface area (Å²) >= 11 is 0. The molecule has 2 heteroatoms. The molecule has 15 heavy (non-hydrogen) atoms. The molecule has 0 radical (unpaired) electrons. The normalized spacial score (nSPS) is 10.4. The smallest absolute Gasteiger partial charge is 0.154 e. The van der Waals surface area contributed by atoms with Crippen LogP contribution in [-0.2, 0) is 4.79 Å². The molecular weight excluding hydrogens is 186 g/mol. The van der Waals surface area contributed by atoms with Crippen molar-refractivity contribution in [2.75, 3.05) is 18.0 Å². The molecule has 0 bridgehead atoms. The van der Waals surface area contributed by atoms with Gasteiger partial charge < -0.3 is 4.90 Å².